The number of halogens is 1. The summed E-state index contributed by atoms with van der Waals surface area (Å²) in [5.41, 5.74) is 8.29. The van der Waals surface area contributed by atoms with E-state index in [9.17, 15) is 14.4 Å². The summed E-state index contributed by atoms with van der Waals surface area (Å²) in [5, 5.41) is 21.0. The lowest BCUT2D eigenvalue weighted by atomic mass is 9.99. The molecule has 1 aliphatic carbocycles. The molecule has 2 aromatic rings. The van der Waals surface area contributed by atoms with Gasteiger partial charge in [0.25, 0.3) is 0 Å². The first-order valence-corrected chi connectivity index (χ1v) is 9.72. The molecule has 0 aromatic heterocycles. The summed E-state index contributed by atoms with van der Waals surface area (Å²) in [6, 6.07) is 15.4. The van der Waals surface area contributed by atoms with Crippen LogP contribution in [0.4, 0.5) is 4.39 Å². The topological polar surface area (TPSA) is 103 Å². The number of nitrogens with one attached hydrogen (secondary N) is 1. The lowest BCUT2D eigenvalue weighted by Gasteiger charge is -2.14. The van der Waals surface area contributed by atoms with Gasteiger partial charge < -0.3 is 11.1 Å². The summed E-state index contributed by atoms with van der Waals surface area (Å²) >= 11 is 0. The zero-order valence-electron chi connectivity index (χ0n) is 16.1. The van der Waals surface area contributed by atoms with Gasteiger partial charge in [0.1, 0.15) is 17.9 Å². The number of rotatable bonds is 6. The number of amides is 1. The quantitative estimate of drug-likeness (QED) is 0.789. The van der Waals surface area contributed by atoms with E-state index in [0.717, 1.165) is 30.4 Å². The Kier molecular flexibility index (Phi) is 6.59. The molecule has 1 amide bonds. The monoisotopic (exact) mass is 390 g/mol. The minimum atomic E-state index is -0.601. The van der Waals surface area contributed by atoms with E-state index in [-0.39, 0.29) is 17.5 Å². The molecule has 3 rings (SSSR count). The van der Waals surface area contributed by atoms with E-state index in [1.165, 1.54) is 12.1 Å². The Labute approximate surface area is 169 Å². The van der Waals surface area contributed by atoms with Gasteiger partial charge >= 0.3 is 0 Å². The average Bonchev–Trinajstić information content (AvgIpc) is 3.12. The van der Waals surface area contributed by atoms with Crippen LogP contribution in [0.15, 0.2) is 42.5 Å². The Morgan fingerprint density at radius 2 is 1.90 bits per heavy atom. The number of nitriles is 2. The molecule has 5 nitrogen and oxygen atoms in total. The van der Waals surface area contributed by atoms with Crippen molar-refractivity contribution in [1.29, 1.82) is 10.5 Å². The lowest BCUT2D eigenvalue weighted by Crippen LogP contribution is -2.36. The van der Waals surface area contributed by atoms with Crippen molar-refractivity contribution >= 4 is 5.91 Å². The normalized spacial score (nSPS) is 19.2. The second kappa shape index (κ2) is 9.32. The summed E-state index contributed by atoms with van der Waals surface area (Å²) in [6.45, 7) is 0. The second-order valence-electron chi connectivity index (χ2n) is 7.60. The summed E-state index contributed by atoms with van der Waals surface area (Å²) in [6.07, 6.45) is 3.59. The van der Waals surface area contributed by atoms with Crippen molar-refractivity contribution in [3.05, 3.63) is 59.4 Å². The van der Waals surface area contributed by atoms with E-state index >= 15 is 0 Å². The van der Waals surface area contributed by atoms with Crippen molar-refractivity contribution in [2.24, 2.45) is 11.7 Å². The number of hydrogen-bond acceptors (Lipinski definition) is 4. The van der Waals surface area contributed by atoms with Crippen LogP contribution >= 0.6 is 0 Å². The molecular formula is C23H23FN4O. The highest BCUT2D eigenvalue weighted by Gasteiger charge is 2.24. The van der Waals surface area contributed by atoms with Crippen molar-refractivity contribution in [1.82, 2.24) is 5.32 Å². The van der Waals surface area contributed by atoms with Crippen molar-refractivity contribution in [2.45, 2.75) is 44.2 Å². The maximum absolute atomic E-state index is 13.8. The Morgan fingerprint density at radius 3 is 2.48 bits per heavy atom. The molecule has 1 aliphatic rings. The second-order valence-corrected chi connectivity index (χ2v) is 7.60. The minimum Gasteiger partial charge on any atom is -0.340 e. The standard InChI is InChI=1S/C23H23FN4O/c24-22-12-18(6-7-19(22)13-25)17-4-1-15(2-5-17)10-21(14-26)28-23(29)11-16-3-8-20(27)9-16/h1-2,4-7,12,16,20-21H,3,8-11,27H2,(H,28,29)/t16-,20+,21?/m0/s1. The highest BCUT2D eigenvalue weighted by Crippen LogP contribution is 2.27. The lowest BCUT2D eigenvalue weighted by molar-refractivity contribution is -0.122. The number of carbonyl (C=O) groups is 1. The van der Waals surface area contributed by atoms with Crippen LogP contribution in [-0.2, 0) is 11.2 Å². The van der Waals surface area contributed by atoms with Crippen LogP contribution in [0.25, 0.3) is 11.1 Å². The Balaban J connectivity index is 1.59. The van der Waals surface area contributed by atoms with Gasteiger partial charge in [-0.05, 0) is 54.0 Å². The van der Waals surface area contributed by atoms with Gasteiger partial charge in [0.15, 0.2) is 0 Å². The maximum atomic E-state index is 13.8. The van der Waals surface area contributed by atoms with Gasteiger partial charge in [0.2, 0.25) is 5.91 Å². The van der Waals surface area contributed by atoms with E-state index in [1.54, 1.807) is 12.1 Å². The zero-order valence-corrected chi connectivity index (χ0v) is 16.1. The van der Waals surface area contributed by atoms with E-state index in [1.807, 2.05) is 24.3 Å². The molecule has 0 aliphatic heterocycles. The molecule has 0 bridgehead atoms. The van der Waals surface area contributed by atoms with Crippen LogP contribution in [0.3, 0.4) is 0 Å². The molecule has 1 unspecified atom stereocenters. The smallest absolute Gasteiger partial charge is 0.221 e. The first-order chi connectivity index (χ1) is 14.0. The van der Waals surface area contributed by atoms with E-state index in [4.69, 9.17) is 11.0 Å². The molecule has 0 saturated heterocycles. The molecule has 148 valence electrons. The van der Waals surface area contributed by atoms with Crippen LogP contribution in [0.2, 0.25) is 0 Å². The van der Waals surface area contributed by atoms with E-state index < -0.39 is 11.9 Å². The van der Waals surface area contributed by atoms with Crippen LogP contribution in [0.1, 0.15) is 36.8 Å². The molecule has 2 aromatic carbocycles. The number of benzene rings is 2. The Morgan fingerprint density at radius 1 is 1.17 bits per heavy atom. The summed E-state index contributed by atoms with van der Waals surface area (Å²) < 4.78 is 13.8. The van der Waals surface area contributed by atoms with Crippen molar-refractivity contribution in [3.63, 3.8) is 0 Å². The van der Waals surface area contributed by atoms with Crippen LogP contribution < -0.4 is 11.1 Å². The SMILES string of the molecule is N#Cc1ccc(-c2ccc(CC(C#N)NC(=O)C[C@H]3CC[C@@H](N)C3)cc2)cc1F. The van der Waals surface area contributed by atoms with Crippen molar-refractivity contribution < 1.29 is 9.18 Å². The van der Waals surface area contributed by atoms with Gasteiger partial charge in [0.05, 0.1) is 11.6 Å². The van der Waals surface area contributed by atoms with Crippen molar-refractivity contribution in [3.8, 4) is 23.3 Å². The van der Waals surface area contributed by atoms with Gasteiger partial charge in [-0.1, -0.05) is 30.3 Å². The zero-order chi connectivity index (χ0) is 20.8. The highest BCUT2D eigenvalue weighted by molar-refractivity contribution is 5.77. The first kappa shape index (κ1) is 20.5. The molecule has 29 heavy (non-hydrogen) atoms. The van der Waals surface area contributed by atoms with E-state index in [0.29, 0.717) is 24.3 Å². The van der Waals surface area contributed by atoms with Crippen LogP contribution in [0, 0.1) is 34.4 Å². The molecule has 3 N–H and O–H groups in total. The molecule has 0 radical (unpaired) electrons. The predicted molar refractivity (Wildman–Crippen MR) is 108 cm³/mol. The fraction of sp³-hybridized carbons (Fsp3) is 0.348. The largest absolute Gasteiger partial charge is 0.340 e. The molecule has 0 spiro atoms. The van der Waals surface area contributed by atoms with Gasteiger partial charge in [-0.2, -0.15) is 10.5 Å². The summed E-state index contributed by atoms with van der Waals surface area (Å²) in [4.78, 5) is 12.2. The molecule has 1 saturated carbocycles. The molecule has 6 heteroatoms. The van der Waals surface area contributed by atoms with E-state index in [2.05, 4.69) is 11.4 Å². The fourth-order valence-electron chi connectivity index (χ4n) is 3.80. The fourth-order valence-corrected chi connectivity index (χ4v) is 3.80. The van der Waals surface area contributed by atoms with Gasteiger partial charge in [-0.25, -0.2) is 4.39 Å². The average molecular weight is 390 g/mol. The predicted octanol–water partition coefficient (Wildman–Crippen LogP) is 3.43. The van der Waals surface area contributed by atoms with Gasteiger partial charge in [-0.3, -0.25) is 4.79 Å². The van der Waals surface area contributed by atoms with Crippen LogP contribution in [0.5, 0.6) is 0 Å². The summed E-state index contributed by atoms with van der Waals surface area (Å²) in [5.74, 6) is -0.360. The molecule has 0 heterocycles. The van der Waals surface area contributed by atoms with Gasteiger partial charge in [0, 0.05) is 18.9 Å². The maximum Gasteiger partial charge on any atom is 0.221 e. The van der Waals surface area contributed by atoms with Gasteiger partial charge in [-0.15, -0.1) is 0 Å². The molecular weight excluding hydrogens is 367 g/mol. The molecule has 3 atom stereocenters. The van der Waals surface area contributed by atoms with Crippen LogP contribution in [-0.4, -0.2) is 18.0 Å². The first-order valence-electron chi connectivity index (χ1n) is 9.72. The Hall–Kier alpha value is -3.22. The number of hydrogen-bond donors (Lipinski definition) is 2. The third-order valence-electron chi connectivity index (χ3n) is 5.36. The number of nitrogens with two attached hydrogens (primary N) is 1. The Bertz CT molecular complexity index is 958. The van der Waals surface area contributed by atoms with Crippen molar-refractivity contribution in [2.75, 3.05) is 0 Å². The third kappa shape index (κ3) is 5.40. The molecule has 1 fully saturated rings. The minimum absolute atomic E-state index is 0.0116. The number of nitrogens with zero attached hydrogens (tertiary/aromatic N) is 2. The number of carbonyl (C=O) groups excluding carboxylic acids is 1. The summed E-state index contributed by atoms with van der Waals surface area (Å²) in [7, 11) is 0. The third-order valence-corrected chi connectivity index (χ3v) is 5.36. The highest BCUT2D eigenvalue weighted by atomic mass is 19.1.